The van der Waals surface area contributed by atoms with Gasteiger partial charge in [-0.05, 0) is 25.1 Å². The Kier molecular flexibility index (Phi) is 3.70. The zero-order chi connectivity index (χ0) is 14.9. The molecule has 0 radical (unpaired) electrons. The summed E-state index contributed by atoms with van der Waals surface area (Å²) in [5.41, 5.74) is -1.72. The number of halogens is 1. The zero-order valence-corrected chi connectivity index (χ0v) is 11.4. The van der Waals surface area contributed by atoms with Gasteiger partial charge >= 0.3 is 0 Å². The third-order valence-electron chi connectivity index (χ3n) is 3.07. The maximum Gasteiger partial charge on any atom is 0.202 e. The molecule has 4 nitrogen and oxygen atoms in total. The topological polar surface area (TPSA) is 77.8 Å². The molecule has 0 heterocycles. The molecule has 20 heavy (non-hydrogen) atoms. The second-order valence-electron chi connectivity index (χ2n) is 4.58. The van der Waals surface area contributed by atoms with E-state index in [0.29, 0.717) is 0 Å². The number of Topliss-reactive ketones (excluding diaryl/α,β-unsaturated/α-hetero) is 1. The first-order valence-corrected chi connectivity index (χ1v) is 6.26. The Morgan fingerprint density at radius 3 is 2.40 bits per heavy atom. The van der Waals surface area contributed by atoms with Gasteiger partial charge in [0.25, 0.3) is 0 Å². The van der Waals surface area contributed by atoms with Crippen molar-refractivity contribution in [2.24, 2.45) is 0 Å². The summed E-state index contributed by atoms with van der Waals surface area (Å²) < 4.78 is 0. The van der Waals surface area contributed by atoms with Crippen molar-refractivity contribution in [3.63, 3.8) is 0 Å². The summed E-state index contributed by atoms with van der Waals surface area (Å²) in [7, 11) is 0. The maximum atomic E-state index is 12.4. The van der Waals surface area contributed by atoms with Crippen LogP contribution in [0.5, 0.6) is 11.5 Å². The van der Waals surface area contributed by atoms with Gasteiger partial charge in [0.1, 0.15) is 11.5 Å². The third kappa shape index (κ3) is 2.48. The third-order valence-corrected chi connectivity index (χ3v) is 3.40. The van der Waals surface area contributed by atoms with Crippen LogP contribution < -0.4 is 0 Å². The molecule has 0 aliphatic carbocycles. The minimum atomic E-state index is -1.88. The van der Waals surface area contributed by atoms with Crippen LogP contribution in [0.1, 0.15) is 22.8 Å². The second kappa shape index (κ2) is 5.15. The van der Waals surface area contributed by atoms with E-state index in [1.54, 1.807) is 18.2 Å². The van der Waals surface area contributed by atoms with Gasteiger partial charge in [-0.15, -0.1) is 0 Å². The molecule has 0 amide bonds. The average molecular weight is 293 g/mol. The fourth-order valence-corrected chi connectivity index (χ4v) is 2.27. The summed E-state index contributed by atoms with van der Waals surface area (Å²) >= 11 is 5.99. The molecule has 0 spiro atoms. The van der Waals surface area contributed by atoms with E-state index in [0.717, 1.165) is 6.07 Å². The van der Waals surface area contributed by atoms with E-state index in [4.69, 9.17) is 11.6 Å². The fourth-order valence-electron chi connectivity index (χ4n) is 1.95. The van der Waals surface area contributed by atoms with Crippen LogP contribution in [0.4, 0.5) is 0 Å². The predicted molar refractivity (Wildman–Crippen MR) is 75.1 cm³/mol. The van der Waals surface area contributed by atoms with Gasteiger partial charge in [0.05, 0.1) is 5.56 Å². The molecule has 104 valence electrons. The van der Waals surface area contributed by atoms with Crippen LogP contribution in [-0.4, -0.2) is 21.1 Å². The van der Waals surface area contributed by atoms with Gasteiger partial charge < -0.3 is 15.3 Å². The number of carbonyl (C=O) groups excluding carboxylic acids is 1. The molecule has 0 aliphatic rings. The number of ketones is 1. The Bertz CT molecular complexity index is 665. The normalized spacial score (nSPS) is 13.8. The highest BCUT2D eigenvalue weighted by molar-refractivity contribution is 6.31. The fraction of sp³-hybridized carbons (Fsp3) is 0.133. The Balaban J connectivity index is 2.49. The number of rotatable bonds is 3. The van der Waals surface area contributed by atoms with Crippen LogP contribution in [0.3, 0.4) is 0 Å². The van der Waals surface area contributed by atoms with Crippen molar-refractivity contribution in [2.45, 2.75) is 12.5 Å². The molecule has 1 unspecified atom stereocenters. The maximum absolute atomic E-state index is 12.4. The molecule has 0 fully saturated rings. The van der Waals surface area contributed by atoms with E-state index < -0.39 is 17.1 Å². The lowest BCUT2D eigenvalue weighted by Gasteiger charge is -2.23. The lowest BCUT2D eigenvalue weighted by molar-refractivity contribution is 0.0390. The lowest BCUT2D eigenvalue weighted by atomic mass is 9.87. The summed E-state index contributed by atoms with van der Waals surface area (Å²) in [4.78, 5) is 12.4. The van der Waals surface area contributed by atoms with E-state index in [-0.39, 0.29) is 21.9 Å². The summed E-state index contributed by atoms with van der Waals surface area (Å²) in [5.74, 6) is -1.28. The molecule has 0 aliphatic heterocycles. The number of phenols is 2. The van der Waals surface area contributed by atoms with Crippen LogP contribution >= 0.6 is 11.6 Å². The van der Waals surface area contributed by atoms with Crippen molar-refractivity contribution < 1.29 is 20.1 Å². The summed E-state index contributed by atoms with van der Waals surface area (Å²) in [6, 6.07) is 9.99. The van der Waals surface area contributed by atoms with Gasteiger partial charge in [-0.2, -0.15) is 0 Å². The van der Waals surface area contributed by atoms with Crippen LogP contribution in [0.15, 0.2) is 42.5 Å². The second-order valence-corrected chi connectivity index (χ2v) is 4.99. The molecular weight excluding hydrogens is 280 g/mol. The first-order chi connectivity index (χ1) is 9.34. The largest absolute Gasteiger partial charge is 0.508 e. The van der Waals surface area contributed by atoms with Crippen molar-refractivity contribution in [2.75, 3.05) is 0 Å². The summed E-state index contributed by atoms with van der Waals surface area (Å²) in [6.45, 7) is 1.31. The first kappa shape index (κ1) is 14.4. The smallest absolute Gasteiger partial charge is 0.202 e. The lowest BCUT2D eigenvalue weighted by Crippen LogP contribution is -2.32. The van der Waals surface area contributed by atoms with Gasteiger partial charge in [-0.3, -0.25) is 4.79 Å². The molecule has 0 bridgehead atoms. The SMILES string of the molecule is CC(O)(C(=O)c1ccc(O)cc1O)c1ccccc1Cl. The Morgan fingerprint density at radius 1 is 1.15 bits per heavy atom. The highest BCUT2D eigenvalue weighted by atomic mass is 35.5. The van der Waals surface area contributed by atoms with E-state index in [9.17, 15) is 20.1 Å². The van der Waals surface area contributed by atoms with Gasteiger partial charge in [0, 0.05) is 16.7 Å². The highest BCUT2D eigenvalue weighted by Gasteiger charge is 2.36. The van der Waals surface area contributed by atoms with Crippen molar-refractivity contribution in [1.29, 1.82) is 0 Å². The molecule has 0 aromatic heterocycles. The molecule has 2 rings (SSSR count). The van der Waals surface area contributed by atoms with E-state index in [1.165, 1.54) is 25.1 Å². The van der Waals surface area contributed by atoms with Gasteiger partial charge in [-0.25, -0.2) is 0 Å². The molecule has 3 N–H and O–H groups in total. The predicted octanol–water partition coefficient (Wildman–Crippen LogP) is 2.84. The number of hydrogen-bond donors (Lipinski definition) is 3. The Labute approximate surface area is 120 Å². The van der Waals surface area contributed by atoms with Crippen LogP contribution in [0, 0.1) is 0 Å². The highest BCUT2D eigenvalue weighted by Crippen LogP contribution is 2.34. The average Bonchev–Trinajstić information content (AvgIpc) is 2.38. The number of phenolic OH excluding ortho intramolecular Hbond substituents is 2. The molecule has 0 saturated heterocycles. The number of benzene rings is 2. The molecule has 0 saturated carbocycles. The van der Waals surface area contributed by atoms with Crippen molar-refractivity contribution in [1.82, 2.24) is 0 Å². The number of carbonyl (C=O) groups is 1. The quantitative estimate of drug-likeness (QED) is 0.760. The summed E-state index contributed by atoms with van der Waals surface area (Å²) in [6.07, 6.45) is 0. The van der Waals surface area contributed by atoms with Gasteiger partial charge in [0.2, 0.25) is 5.78 Å². The van der Waals surface area contributed by atoms with E-state index >= 15 is 0 Å². The van der Waals surface area contributed by atoms with Crippen molar-refractivity contribution >= 4 is 17.4 Å². The number of aliphatic hydroxyl groups is 1. The van der Waals surface area contributed by atoms with Gasteiger partial charge in [-0.1, -0.05) is 29.8 Å². The Morgan fingerprint density at radius 2 is 1.80 bits per heavy atom. The molecular formula is C15H13ClO4. The molecule has 2 aromatic rings. The monoisotopic (exact) mass is 292 g/mol. The van der Waals surface area contributed by atoms with Crippen LogP contribution in [0.25, 0.3) is 0 Å². The van der Waals surface area contributed by atoms with Crippen molar-refractivity contribution in [3.05, 3.63) is 58.6 Å². The van der Waals surface area contributed by atoms with Crippen LogP contribution in [0.2, 0.25) is 5.02 Å². The molecule has 1 atom stereocenters. The van der Waals surface area contributed by atoms with Gasteiger partial charge in [0.15, 0.2) is 5.60 Å². The standard InChI is InChI=1S/C15H13ClO4/c1-15(20,11-4-2-3-5-12(11)16)14(19)10-7-6-9(17)8-13(10)18/h2-8,17-18,20H,1H3. The Hall–Kier alpha value is -2.04. The number of aromatic hydroxyl groups is 2. The minimum Gasteiger partial charge on any atom is -0.508 e. The number of hydrogen-bond acceptors (Lipinski definition) is 4. The van der Waals surface area contributed by atoms with Crippen molar-refractivity contribution in [3.8, 4) is 11.5 Å². The molecule has 5 heteroatoms. The zero-order valence-electron chi connectivity index (χ0n) is 10.7. The van der Waals surface area contributed by atoms with E-state index in [2.05, 4.69) is 0 Å². The first-order valence-electron chi connectivity index (χ1n) is 5.88. The van der Waals surface area contributed by atoms with E-state index in [1.807, 2.05) is 0 Å². The minimum absolute atomic E-state index is 0.0901. The molecule has 2 aromatic carbocycles. The van der Waals surface area contributed by atoms with Crippen LogP contribution in [-0.2, 0) is 5.60 Å². The summed E-state index contributed by atoms with van der Waals surface area (Å²) in [5, 5.41) is 29.7.